The van der Waals surface area contributed by atoms with Crippen LogP contribution in [-0.4, -0.2) is 138 Å². The fourth-order valence-electron chi connectivity index (χ4n) is 3.30. The van der Waals surface area contributed by atoms with E-state index in [0.717, 1.165) is 0 Å². The Kier molecular flexibility index (Phi) is 17.2. The first kappa shape index (κ1) is 53.0. The summed E-state index contributed by atoms with van der Waals surface area (Å²) in [5.74, 6) is -75.2. The van der Waals surface area contributed by atoms with E-state index in [0.29, 0.717) is 0 Å². The van der Waals surface area contributed by atoms with E-state index < -0.39 is 124 Å². The third-order valence-electron chi connectivity index (χ3n) is 6.61. The lowest BCUT2D eigenvalue weighted by Gasteiger charge is -2.39. The zero-order chi connectivity index (χ0) is 44.0. The van der Waals surface area contributed by atoms with Gasteiger partial charge in [0, 0.05) is 12.8 Å². The molecule has 0 rings (SSSR count). The highest BCUT2D eigenvalue weighted by atomic mass is 19.4. The minimum atomic E-state index is -8.04. The summed E-state index contributed by atoms with van der Waals surface area (Å²) in [6.07, 6.45) is -20.3. The molecule has 0 fully saturated rings. The summed E-state index contributed by atoms with van der Waals surface area (Å²) in [5.41, 5.74) is 0. The van der Waals surface area contributed by atoms with Crippen molar-refractivity contribution in [3.8, 4) is 0 Å². The van der Waals surface area contributed by atoms with Crippen molar-refractivity contribution in [2.24, 2.45) is 0 Å². The Morgan fingerprint density at radius 3 is 0.545 bits per heavy atom. The maximum absolute atomic E-state index is 13.6. The van der Waals surface area contributed by atoms with Crippen molar-refractivity contribution in [3.63, 3.8) is 0 Å². The molecule has 0 heterocycles. The number of hydrogen-bond acceptors (Lipinski definition) is 5. The Balaban J connectivity index is 4.43. The van der Waals surface area contributed by atoms with Crippen molar-refractivity contribution in [3.05, 3.63) is 0 Å². The highest BCUT2D eigenvalue weighted by molar-refractivity contribution is 5.11. The highest BCUT2D eigenvalue weighted by Gasteiger charge is 2.92. The minimum absolute atomic E-state index is 0.335. The van der Waals surface area contributed by atoms with Gasteiger partial charge in [0.2, 0.25) is 0 Å². The third kappa shape index (κ3) is 10.7. The first-order valence-electron chi connectivity index (χ1n) is 14.0. The summed E-state index contributed by atoms with van der Waals surface area (Å²) in [6, 6.07) is 0. The molecular formula is C24H24F26O5. The molecule has 0 radical (unpaired) electrons. The first-order valence-corrected chi connectivity index (χ1v) is 14.0. The Bertz CT molecular complexity index is 1080. The van der Waals surface area contributed by atoms with Crippen LogP contribution in [0.2, 0.25) is 0 Å². The van der Waals surface area contributed by atoms with Crippen LogP contribution in [-0.2, 0) is 23.7 Å². The van der Waals surface area contributed by atoms with Crippen LogP contribution in [0.1, 0.15) is 12.8 Å². The molecule has 0 spiro atoms. The predicted octanol–water partition coefficient (Wildman–Crippen LogP) is 9.33. The molecule has 0 aliphatic rings. The van der Waals surface area contributed by atoms with Crippen LogP contribution in [0, 0.1) is 0 Å². The van der Waals surface area contributed by atoms with Crippen LogP contribution in [0.15, 0.2) is 0 Å². The predicted molar refractivity (Wildman–Crippen MR) is 125 cm³/mol. The minimum Gasteiger partial charge on any atom is -0.379 e. The van der Waals surface area contributed by atoms with E-state index in [9.17, 15) is 114 Å². The van der Waals surface area contributed by atoms with Gasteiger partial charge in [0.05, 0.1) is 66.1 Å². The van der Waals surface area contributed by atoms with Gasteiger partial charge >= 0.3 is 71.6 Å². The summed E-state index contributed by atoms with van der Waals surface area (Å²) in [5, 5.41) is 0. The topological polar surface area (TPSA) is 46.2 Å². The average Bonchev–Trinajstić information content (AvgIpc) is 3.00. The molecule has 0 saturated carbocycles. The maximum atomic E-state index is 13.6. The van der Waals surface area contributed by atoms with Crippen LogP contribution in [0.3, 0.4) is 0 Å². The van der Waals surface area contributed by atoms with E-state index >= 15 is 0 Å². The summed E-state index contributed by atoms with van der Waals surface area (Å²) < 4.78 is 362. The van der Waals surface area contributed by atoms with E-state index in [1.54, 1.807) is 0 Å². The summed E-state index contributed by atoms with van der Waals surface area (Å²) in [7, 11) is 0. The van der Waals surface area contributed by atoms with Crippen LogP contribution in [0.4, 0.5) is 114 Å². The summed E-state index contributed by atoms with van der Waals surface area (Å²) in [6.45, 7) is -7.59. The third-order valence-corrected chi connectivity index (χ3v) is 6.61. The van der Waals surface area contributed by atoms with Gasteiger partial charge < -0.3 is 23.7 Å². The van der Waals surface area contributed by atoms with Crippen LogP contribution >= 0.6 is 0 Å². The monoisotopic (exact) mass is 886 g/mol. The maximum Gasteiger partial charge on any atom is 0.460 e. The van der Waals surface area contributed by atoms with Gasteiger partial charge in [-0.15, -0.1) is 0 Å². The van der Waals surface area contributed by atoms with E-state index in [4.69, 9.17) is 14.2 Å². The molecule has 5 nitrogen and oxygen atoms in total. The molecule has 0 aromatic carbocycles. The van der Waals surface area contributed by atoms with Gasteiger partial charge in [-0.3, -0.25) is 0 Å². The second kappa shape index (κ2) is 17.9. The van der Waals surface area contributed by atoms with Gasteiger partial charge in [0.15, 0.2) is 0 Å². The molecule has 0 aliphatic heterocycles. The average molecular weight is 886 g/mol. The lowest BCUT2D eigenvalue weighted by Crippen LogP contribution is -2.70. The van der Waals surface area contributed by atoms with Gasteiger partial charge in [0.25, 0.3) is 0 Å². The molecule has 0 atom stereocenters. The molecule has 0 aliphatic carbocycles. The molecule has 0 amide bonds. The van der Waals surface area contributed by atoms with E-state index in [1.165, 1.54) is 0 Å². The number of ether oxygens (including phenoxy) is 5. The van der Waals surface area contributed by atoms with Gasteiger partial charge in [-0.1, -0.05) is 0 Å². The largest absolute Gasteiger partial charge is 0.460 e. The van der Waals surface area contributed by atoms with Crippen molar-refractivity contribution < 1.29 is 138 Å². The Morgan fingerprint density at radius 1 is 0.200 bits per heavy atom. The van der Waals surface area contributed by atoms with Crippen LogP contribution < -0.4 is 0 Å². The molecule has 0 aromatic rings. The standard InChI is InChI=1S/C24H24F26O5/c25-13(26,15(29,30)17(33,34)19(37,38)21(41,42)23(45,46)47)1-3-51-5-7-53-9-11-55-12-10-54-8-6-52-4-2-14(27,28)16(31,32)18(35,36)20(39,40)22(43,44)24(48,49)50/h1-12H2. The lowest BCUT2D eigenvalue weighted by molar-refractivity contribution is -0.440. The number of alkyl halides is 26. The Hall–Kier alpha value is -2.02. The normalized spacial score (nSPS) is 15.6. The lowest BCUT2D eigenvalue weighted by atomic mass is 9.93. The summed E-state index contributed by atoms with van der Waals surface area (Å²) in [4.78, 5) is 0. The molecule has 55 heavy (non-hydrogen) atoms. The smallest absolute Gasteiger partial charge is 0.379 e. The van der Waals surface area contributed by atoms with Gasteiger partial charge in [-0.05, 0) is 0 Å². The summed E-state index contributed by atoms with van der Waals surface area (Å²) >= 11 is 0. The van der Waals surface area contributed by atoms with Gasteiger partial charge in [-0.25, -0.2) is 0 Å². The number of rotatable bonds is 26. The second-order valence-electron chi connectivity index (χ2n) is 10.6. The van der Waals surface area contributed by atoms with Crippen LogP contribution in [0.5, 0.6) is 0 Å². The number of hydrogen-bond donors (Lipinski definition) is 0. The molecule has 0 unspecified atom stereocenters. The molecule has 0 bridgehead atoms. The van der Waals surface area contributed by atoms with Crippen molar-refractivity contribution in [2.75, 3.05) is 66.1 Å². The van der Waals surface area contributed by atoms with Crippen molar-refractivity contribution in [1.29, 1.82) is 0 Å². The van der Waals surface area contributed by atoms with E-state index in [2.05, 4.69) is 9.47 Å². The Labute approximate surface area is 289 Å². The SMILES string of the molecule is FC(F)(F)C(F)(F)C(F)(F)C(F)(F)C(F)(F)C(F)(F)CCOCCOCCOCCOCCOCCC(F)(F)C(F)(F)C(F)(F)C(F)(F)C(F)(F)C(F)(F)F. The fraction of sp³-hybridized carbons (Fsp3) is 1.00. The molecule has 0 aromatic heterocycles. The molecule has 0 saturated heterocycles. The molecule has 332 valence electrons. The molecule has 31 heteroatoms. The second-order valence-corrected chi connectivity index (χ2v) is 10.6. The van der Waals surface area contributed by atoms with Crippen molar-refractivity contribution in [2.45, 2.75) is 84.4 Å². The van der Waals surface area contributed by atoms with Gasteiger partial charge in [0.1, 0.15) is 0 Å². The zero-order valence-corrected chi connectivity index (χ0v) is 26.4. The fourth-order valence-corrected chi connectivity index (χ4v) is 3.30. The Morgan fingerprint density at radius 2 is 0.364 bits per heavy atom. The van der Waals surface area contributed by atoms with Crippen LogP contribution in [0.25, 0.3) is 0 Å². The van der Waals surface area contributed by atoms with Crippen molar-refractivity contribution >= 4 is 0 Å². The quantitative estimate of drug-likeness (QED) is 0.0641. The first-order chi connectivity index (χ1) is 24.2. The molecule has 0 N–H and O–H groups in total. The molecular weight excluding hydrogens is 862 g/mol. The van der Waals surface area contributed by atoms with E-state index in [-0.39, 0.29) is 26.4 Å². The van der Waals surface area contributed by atoms with Gasteiger partial charge in [-0.2, -0.15) is 114 Å². The number of halogens is 26. The van der Waals surface area contributed by atoms with Crippen molar-refractivity contribution in [1.82, 2.24) is 0 Å². The highest BCUT2D eigenvalue weighted by Crippen LogP contribution is 2.62. The zero-order valence-electron chi connectivity index (χ0n) is 26.4. The van der Waals surface area contributed by atoms with E-state index in [1.807, 2.05) is 0 Å².